The molecule has 1 aromatic heterocycles. The van der Waals surface area contributed by atoms with Gasteiger partial charge >= 0.3 is 0 Å². The van der Waals surface area contributed by atoms with E-state index in [0.29, 0.717) is 0 Å². The Bertz CT molecular complexity index is 395. The third kappa shape index (κ3) is 3.63. The molecule has 0 atom stereocenters. The molecule has 2 aromatic rings. The Labute approximate surface area is 108 Å². The average molecular weight is 311 g/mol. The molecule has 2 heteroatoms. The minimum absolute atomic E-state index is 0. The minimum Gasteiger partial charge on any atom is -1.00 e. The van der Waals surface area contributed by atoms with E-state index >= 15 is 0 Å². The summed E-state index contributed by atoms with van der Waals surface area (Å²) in [5.41, 5.74) is 2.63. The zero-order valence-electron chi connectivity index (χ0n) is 8.73. The second-order valence-corrected chi connectivity index (χ2v) is 3.53. The molecule has 0 aliphatic carbocycles. The fourth-order valence-corrected chi connectivity index (χ4v) is 1.43. The Kier molecular flexibility index (Phi) is 4.75. The van der Waals surface area contributed by atoms with E-state index in [4.69, 9.17) is 0 Å². The van der Waals surface area contributed by atoms with Gasteiger partial charge in [-0.1, -0.05) is 30.3 Å². The molecule has 0 fully saturated rings. The van der Waals surface area contributed by atoms with E-state index in [1.54, 1.807) is 0 Å². The first kappa shape index (κ1) is 12.2. The van der Waals surface area contributed by atoms with E-state index in [0.717, 1.165) is 6.54 Å². The highest BCUT2D eigenvalue weighted by molar-refractivity contribution is 5.13. The number of hydrogen-bond donors (Lipinski definition) is 0. The van der Waals surface area contributed by atoms with Gasteiger partial charge in [-0.2, -0.15) is 0 Å². The summed E-state index contributed by atoms with van der Waals surface area (Å²) in [6.07, 6.45) is 4.23. The maximum atomic E-state index is 2.18. The first-order chi connectivity index (χ1) is 6.84. The van der Waals surface area contributed by atoms with Crippen LogP contribution in [0, 0.1) is 6.92 Å². The third-order valence-electron chi connectivity index (χ3n) is 2.27. The van der Waals surface area contributed by atoms with Crippen molar-refractivity contribution in [1.82, 2.24) is 0 Å². The zero-order valence-corrected chi connectivity index (χ0v) is 10.9. The van der Waals surface area contributed by atoms with Gasteiger partial charge in [-0.05, 0) is 12.5 Å². The summed E-state index contributed by atoms with van der Waals surface area (Å²) in [4.78, 5) is 0. The van der Waals surface area contributed by atoms with E-state index in [1.165, 1.54) is 11.1 Å². The van der Waals surface area contributed by atoms with Gasteiger partial charge in [-0.15, -0.1) is 0 Å². The second-order valence-electron chi connectivity index (χ2n) is 3.53. The van der Waals surface area contributed by atoms with Gasteiger partial charge in [0.1, 0.15) is 0 Å². The van der Waals surface area contributed by atoms with Gasteiger partial charge in [0.2, 0.25) is 0 Å². The maximum Gasteiger partial charge on any atom is 0.173 e. The summed E-state index contributed by atoms with van der Waals surface area (Å²) in [7, 11) is 0. The lowest BCUT2D eigenvalue weighted by Crippen LogP contribution is -3.00. The van der Waals surface area contributed by atoms with Crippen LogP contribution in [-0.2, 0) is 6.54 Å². The molecule has 0 bridgehead atoms. The first-order valence-corrected chi connectivity index (χ1v) is 4.84. The molecule has 0 spiro atoms. The molecule has 1 nitrogen and oxygen atoms in total. The van der Waals surface area contributed by atoms with E-state index < -0.39 is 0 Å². The number of rotatable bonds is 2. The molecule has 1 heterocycles. The monoisotopic (exact) mass is 311 g/mol. The average Bonchev–Trinajstić information content (AvgIpc) is 2.23. The molecule has 0 N–H and O–H groups in total. The Hall–Kier alpha value is -0.900. The van der Waals surface area contributed by atoms with Crippen LogP contribution in [-0.4, -0.2) is 0 Å². The van der Waals surface area contributed by atoms with Crippen molar-refractivity contribution in [3.8, 4) is 0 Å². The molecule has 0 radical (unpaired) electrons. The molecule has 0 unspecified atom stereocenters. The molecule has 2 rings (SSSR count). The van der Waals surface area contributed by atoms with Crippen molar-refractivity contribution in [2.24, 2.45) is 0 Å². The van der Waals surface area contributed by atoms with Crippen LogP contribution >= 0.6 is 0 Å². The Morgan fingerprint density at radius 2 is 1.53 bits per heavy atom. The lowest BCUT2D eigenvalue weighted by molar-refractivity contribution is -0.688. The van der Waals surface area contributed by atoms with Crippen LogP contribution in [0.25, 0.3) is 0 Å². The van der Waals surface area contributed by atoms with Crippen molar-refractivity contribution in [3.05, 3.63) is 66.0 Å². The zero-order chi connectivity index (χ0) is 9.80. The quantitative estimate of drug-likeness (QED) is 0.512. The highest BCUT2D eigenvalue weighted by atomic mass is 127. The molecule has 78 valence electrons. The molecule has 0 amide bonds. The molecule has 0 aliphatic heterocycles. The van der Waals surface area contributed by atoms with Gasteiger partial charge in [0.25, 0.3) is 0 Å². The number of halogens is 1. The number of hydrogen-bond acceptors (Lipinski definition) is 0. The van der Waals surface area contributed by atoms with Crippen molar-refractivity contribution in [2.75, 3.05) is 0 Å². The van der Waals surface area contributed by atoms with Crippen LogP contribution < -0.4 is 28.5 Å². The van der Waals surface area contributed by atoms with E-state index in [-0.39, 0.29) is 24.0 Å². The number of benzene rings is 1. The van der Waals surface area contributed by atoms with Gasteiger partial charge in [-0.25, -0.2) is 4.57 Å². The van der Waals surface area contributed by atoms with Crippen molar-refractivity contribution < 1.29 is 28.5 Å². The van der Waals surface area contributed by atoms with Gasteiger partial charge in [-0.3, -0.25) is 0 Å². The predicted octanol–water partition coefficient (Wildman–Crippen LogP) is -0.665. The Balaban J connectivity index is 0.00000112. The lowest BCUT2D eigenvalue weighted by Gasteiger charge is -1.97. The SMILES string of the molecule is Cc1cc[n+](Cc2ccccc2)cc1.[I-]. The van der Waals surface area contributed by atoms with Crippen molar-refractivity contribution in [1.29, 1.82) is 0 Å². The van der Waals surface area contributed by atoms with Crippen molar-refractivity contribution in [2.45, 2.75) is 13.5 Å². The minimum atomic E-state index is 0. The molecule has 1 aromatic carbocycles. The molecule has 15 heavy (non-hydrogen) atoms. The summed E-state index contributed by atoms with van der Waals surface area (Å²) in [6, 6.07) is 14.7. The highest BCUT2D eigenvalue weighted by Crippen LogP contribution is 1.97. The number of nitrogens with zero attached hydrogens (tertiary/aromatic N) is 1. The van der Waals surface area contributed by atoms with Crippen molar-refractivity contribution >= 4 is 0 Å². The fourth-order valence-electron chi connectivity index (χ4n) is 1.43. The third-order valence-corrected chi connectivity index (χ3v) is 2.27. The summed E-state index contributed by atoms with van der Waals surface area (Å²) >= 11 is 0. The number of aryl methyl sites for hydroxylation is 1. The van der Waals surface area contributed by atoms with Crippen LogP contribution in [0.3, 0.4) is 0 Å². The summed E-state index contributed by atoms with van der Waals surface area (Å²) in [5, 5.41) is 0. The molecule has 0 saturated carbocycles. The van der Waals surface area contributed by atoms with Gasteiger partial charge in [0.05, 0.1) is 0 Å². The maximum absolute atomic E-state index is 2.18. The van der Waals surface area contributed by atoms with Gasteiger partial charge in [0.15, 0.2) is 18.9 Å². The van der Waals surface area contributed by atoms with Crippen molar-refractivity contribution in [3.63, 3.8) is 0 Å². The number of aromatic nitrogens is 1. The highest BCUT2D eigenvalue weighted by Gasteiger charge is 1.99. The molecular weight excluding hydrogens is 297 g/mol. The molecule has 0 aliphatic rings. The normalized spacial score (nSPS) is 9.40. The summed E-state index contributed by atoms with van der Waals surface area (Å²) < 4.78 is 2.18. The van der Waals surface area contributed by atoms with Crippen LogP contribution in [0.1, 0.15) is 11.1 Å². The Morgan fingerprint density at radius 3 is 2.13 bits per heavy atom. The topological polar surface area (TPSA) is 3.88 Å². The van der Waals surface area contributed by atoms with Crippen LogP contribution in [0.4, 0.5) is 0 Å². The number of pyridine rings is 1. The fraction of sp³-hybridized carbons (Fsp3) is 0.154. The van der Waals surface area contributed by atoms with E-state index in [1.807, 2.05) is 6.07 Å². The van der Waals surface area contributed by atoms with E-state index in [2.05, 4.69) is 60.3 Å². The second kappa shape index (κ2) is 5.85. The molecule has 0 saturated heterocycles. The molecular formula is C13H14IN. The predicted molar refractivity (Wildman–Crippen MR) is 56.9 cm³/mol. The lowest BCUT2D eigenvalue weighted by atomic mass is 10.2. The largest absolute Gasteiger partial charge is 1.00 e. The smallest absolute Gasteiger partial charge is 0.173 e. The van der Waals surface area contributed by atoms with Crippen LogP contribution in [0.15, 0.2) is 54.9 Å². The Morgan fingerprint density at radius 1 is 0.933 bits per heavy atom. The first-order valence-electron chi connectivity index (χ1n) is 4.84. The standard InChI is InChI=1S/C13H14N.HI/c1-12-7-9-14(10-8-12)11-13-5-3-2-4-6-13;/h2-10H,11H2,1H3;1H/q+1;/p-1. The summed E-state index contributed by atoms with van der Waals surface area (Å²) in [6.45, 7) is 3.05. The summed E-state index contributed by atoms with van der Waals surface area (Å²) in [5.74, 6) is 0. The van der Waals surface area contributed by atoms with Crippen LogP contribution in [0.5, 0.6) is 0 Å². The van der Waals surface area contributed by atoms with E-state index in [9.17, 15) is 0 Å². The van der Waals surface area contributed by atoms with Crippen LogP contribution in [0.2, 0.25) is 0 Å². The van der Waals surface area contributed by atoms with Gasteiger partial charge < -0.3 is 24.0 Å². The van der Waals surface area contributed by atoms with Gasteiger partial charge in [0, 0.05) is 17.7 Å².